The van der Waals surface area contributed by atoms with Crippen molar-refractivity contribution in [2.45, 2.75) is 0 Å². The minimum absolute atomic E-state index is 0.961. The van der Waals surface area contributed by atoms with E-state index in [0.29, 0.717) is 0 Å². The van der Waals surface area contributed by atoms with Crippen molar-refractivity contribution in [2.75, 3.05) is 0 Å². The summed E-state index contributed by atoms with van der Waals surface area (Å²) >= 11 is 0. The Labute approximate surface area is 67.5 Å². The molecule has 0 saturated carbocycles. The van der Waals surface area contributed by atoms with Gasteiger partial charge in [-0.25, -0.2) is 9.97 Å². The van der Waals surface area contributed by atoms with E-state index in [0.717, 1.165) is 11.0 Å². The maximum absolute atomic E-state index is 4.13. The van der Waals surface area contributed by atoms with Crippen LogP contribution in [0.2, 0.25) is 0 Å². The molecule has 54 valence electrons. The molecule has 3 nitrogen and oxygen atoms in total. The Morgan fingerprint density at radius 1 is 1.55 bits per heavy atom. The molecule has 2 aromatic heterocycles. The quantitative estimate of drug-likeness (QED) is 0.380. The molecule has 0 saturated heterocycles. The van der Waals surface area contributed by atoms with Gasteiger partial charge >= 0.3 is 0 Å². The molecule has 2 aromatic rings. The molecule has 0 N–H and O–H groups in total. The van der Waals surface area contributed by atoms with Crippen molar-refractivity contribution in [1.82, 2.24) is 14.3 Å². The van der Waals surface area contributed by atoms with E-state index in [-0.39, 0.29) is 0 Å². The van der Waals surface area contributed by atoms with Crippen molar-refractivity contribution < 1.29 is 0 Å². The Bertz CT molecular complexity index is 362. The summed E-state index contributed by atoms with van der Waals surface area (Å²) in [6.07, 6.45) is 5.41. The zero-order valence-electron chi connectivity index (χ0n) is 6.15. The summed E-state index contributed by atoms with van der Waals surface area (Å²) in [5, 5.41) is 1.11. The minimum atomic E-state index is 0.961. The predicted molar refractivity (Wildman–Crippen MR) is 50.8 cm³/mol. The lowest BCUT2D eigenvalue weighted by atomic mass is 9.98. The van der Waals surface area contributed by atoms with Crippen molar-refractivity contribution in [3.05, 3.63) is 18.7 Å². The van der Waals surface area contributed by atoms with Gasteiger partial charge < -0.3 is 4.34 Å². The largest absolute Gasteiger partial charge is 0.317 e. The fraction of sp³-hybridized carbons (Fsp3) is 0. The van der Waals surface area contributed by atoms with Crippen LogP contribution < -0.4 is 5.46 Å². The molecular formula is C6H7BN3P. The Morgan fingerprint density at radius 2 is 2.36 bits per heavy atom. The first-order valence-corrected chi connectivity index (χ1v) is 3.83. The second kappa shape index (κ2) is 2.31. The van der Waals surface area contributed by atoms with Gasteiger partial charge in [-0.15, -0.1) is 0 Å². The van der Waals surface area contributed by atoms with Gasteiger partial charge in [0.05, 0.1) is 0 Å². The van der Waals surface area contributed by atoms with Gasteiger partial charge in [-0.1, -0.05) is 5.46 Å². The van der Waals surface area contributed by atoms with E-state index < -0.39 is 0 Å². The van der Waals surface area contributed by atoms with Crippen molar-refractivity contribution in [3.63, 3.8) is 0 Å². The predicted octanol–water partition coefficient (Wildman–Crippen LogP) is -0.672. The van der Waals surface area contributed by atoms with Crippen molar-refractivity contribution >= 4 is 33.7 Å². The van der Waals surface area contributed by atoms with E-state index in [1.165, 1.54) is 5.46 Å². The fourth-order valence-corrected chi connectivity index (χ4v) is 1.58. The van der Waals surface area contributed by atoms with Crippen LogP contribution in [0.5, 0.6) is 0 Å². The van der Waals surface area contributed by atoms with Gasteiger partial charge in [0, 0.05) is 17.8 Å². The van der Waals surface area contributed by atoms with Crippen molar-refractivity contribution in [2.24, 2.45) is 0 Å². The number of fused-ring (bicyclic) bond motifs is 1. The number of nitrogens with zero attached hydrogens (tertiary/aromatic N) is 3. The van der Waals surface area contributed by atoms with Gasteiger partial charge in [0.1, 0.15) is 19.8 Å². The molecule has 0 aliphatic rings. The number of hydrogen-bond donors (Lipinski definition) is 0. The maximum Gasteiger partial charge on any atom is 0.145 e. The first-order valence-electron chi connectivity index (χ1n) is 3.32. The van der Waals surface area contributed by atoms with Crippen LogP contribution in [0, 0.1) is 0 Å². The van der Waals surface area contributed by atoms with Crippen LogP contribution in [0.1, 0.15) is 0 Å². The Morgan fingerprint density at radius 3 is 3.09 bits per heavy atom. The molecule has 5 heteroatoms. The summed E-state index contributed by atoms with van der Waals surface area (Å²) in [5.74, 6) is 0. The van der Waals surface area contributed by atoms with E-state index in [1.54, 1.807) is 6.33 Å². The van der Waals surface area contributed by atoms with E-state index in [2.05, 4.69) is 19.4 Å². The van der Waals surface area contributed by atoms with E-state index >= 15 is 0 Å². The first-order chi connectivity index (χ1) is 5.29. The van der Waals surface area contributed by atoms with Crippen LogP contribution >= 0.6 is 9.39 Å². The average Bonchev–Trinajstić information content (AvgIpc) is 2.30. The van der Waals surface area contributed by atoms with Gasteiger partial charge in [-0.05, 0) is 9.39 Å². The zero-order valence-corrected chi connectivity index (χ0v) is 7.31. The molecule has 0 fully saturated rings. The first kappa shape index (κ1) is 6.80. The van der Waals surface area contributed by atoms with Crippen molar-refractivity contribution in [3.8, 4) is 0 Å². The summed E-state index contributed by atoms with van der Waals surface area (Å²) in [4.78, 5) is 8.09. The standard InChI is InChI=1S/C6H7BN3P/c7-5-2-10(11)6-4(5)1-8-3-9-6/h1-3H,7,11H2. The van der Waals surface area contributed by atoms with Crippen LogP contribution in [0.25, 0.3) is 11.0 Å². The normalized spacial score (nSPS) is 10.6. The average molecular weight is 163 g/mol. The second-order valence-electron chi connectivity index (χ2n) is 2.48. The summed E-state index contributed by atoms with van der Waals surface area (Å²) in [6.45, 7) is 0. The zero-order chi connectivity index (χ0) is 7.84. The molecule has 0 amide bonds. The third-order valence-corrected chi connectivity index (χ3v) is 2.09. The van der Waals surface area contributed by atoms with E-state index in [9.17, 15) is 0 Å². The lowest BCUT2D eigenvalue weighted by molar-refractivity contribution is 1.18. The molecule has 0 spiro atoms. The lowest BCUT2D eigenvalue weighted by Crippen LogP contribution is -1.97. The molecule has 2 rings (SSSR count). The van der Waals surface area contributed by atoms with E-state index in [1.807, 2.05) is 24.6 Å². The number of hydrogen-bond acceptors (Lipinski definition) is 2. The van der Waals surface area contributed by atoms with E-state index in [4.69, 9.17) is 0 Å². The molecule has 1 unspecified atom stereocenters. The van der Waals surface area contributed by atoms with Gasteiger partial charge in [0.15, 0.2) is 0 Å². The highest BCUT2D eigenvalue weighted by Crippen LogP contribution is 2.09. The highest BCUT2D eigenvalue weighted by Gasteiger charge is 2.01. The second-order valence-corrected chi connectivity index (χ2v) is 3.04. The van der Waals surface area contributed by atoms with Crippen LogP contribution in [-0.2, 0) is 0 Å². The van der Waals surface area contributed by atoms with Gasteiger partial charge in [0.25, 0.3) is 0 Å². The summed E-state index contributed by atoms with van der Waals surface area (Å²) in [6, 6.07) is 0. The molecule has 0 aliphatic heterocycles. The third kappa shape index (κ3) is 0.943. The lowest BCUT2D eigenvalue weighted by Gasteiger charge is -1.90. The summed E-state index contributed by atoms with van der Waals surface area (Å²) in [5.41, 5.74) is 2.16. The maximum atomic E-state index is 4.13. The molecule has 0 radical (unpaired) electrons. The van der Waals surface area contributed by atoms with Crippen LogP contribution in [-0.4, -0.2) is 22.2 Å². The highest BCUT2D eigenvalue weighted by molar-refractivity contribution is 7.15. The van der Waals surface area contributed by atoms with Gasteiger partial charge in [0.2, 0.25) is 0 Å². The van der Waals surface area contributed by atoms with Crippen molar-refractivity contribution in [1.29, 1.82) is 0 Å². The van der Waals surface area contributed by atoms with Gasteiger partial charge in [-0.3, -0.25) is 0 Å². The number of aromatic nitrogens is 3. The Hall–Kier alpha value is -0.885. The fourth-order valence-electron chi connectivity index (χ4n) is 1.15. The molecule has 0 aliphatic carbocycles. The van der Waals surface area contributed by atoms with Crippen LogP contribution in [0.4, 0.5) is 0 Å². The minimum Gasteiger partial charge on any atom is -0.317 e. The third-order valence-electron chi connectivity index (χ3n) is 1.69. The molecule has 0 aromatic carbocycles. The molecule has 0 bridgehead atoms. The number of rotatable bonds is 0. The topological polar surface area (TPSA) is 30.7 Å². The van der Waals surface area contributed by atoms with Gasteiger partial charge in [-0.2, -0.15) is 0 Å². The SMILES string of the molecule is Bc1cn(P)c2ncncc12. The van der Waals surface area contributed by atoms with Crippen LogP contribution in [0.3, 0.4) is 0 Å². The monoisotopic (exact) mass is 163 g/mol. The molecule has 11 heavy (non-hydrogen) atoms. The molecule has 1 atom stereocenters. The Kier molecular flexibility index (Phi) is 1.43. The molecule has 2 heterocycles. The van der Waals surface area contributed by atoms with Crippen LogP contribution in [0.15, 0.2) is 18.7 Å². The smallest absolute Gasteiger partial charge is 0.145 e. The summed E-state index contributed by atoms with van der Waals surface area (Å²) < 4.78 is 1.92. The molecular weight excluding hydrogens is 156 g/mol. The summed E-state index contributed by atoms with van der Waals surface area (Å²) in [7, 11) is 4.64. The highest BCUT2D eigenvalue weighted by atomic mass is 31.0. The Balaban J connectivity index is 2.95.